The Labute approximate surface area is 110 Å². The number of benzene rings is 1. The highest BCUT2D eigenvalue weighted by atomic mass is 16.4. The first-order valence-corrected chi connectivity index (χ1v) is 6.51. The number of carbonyl (C=O) groups excluding carboxylic acids is 1. The largest absolute Gasteiger partial charge is 0.417 e. The van der Waals surface area contributed by atoms with Crippen LogP contribution in [0.4, 0.5) is 5.69 Å². The van der Waals surface area contributed by atoms with Gasteiger partial charge in [-0.15, -0.1) is 0 Å². The van der Waals surface area contributed by atoms with Gasteiger partial charge in [-0.3, -0.25) is 9.78 Å². The molecule has 1 aromatic carbocycles. The molecular formula is C14H16N2O3. The molecule has 19 heavy (non-hydrogen) atoms. The number of hydrogen-bond acceptors (Lipinski definition) is 4. The van der Waals surface area contributed by atoms with Crippen LogP contribution in [0.15, 0.2) is 27.4 Å². The number of rotatable bonds is 2. The summed E-state index contributed by atoms with van der Waals surface area (Å²) in [4.78, 5) is 27.2. The number of oxazole rings is 1. The van der Waals surface area contributed by atoms with Crippen LogP contribution < -0.4 is 10.7 Å². The van der Waals surface area contributed by atoms with Crippen molar-refractivity contribution in [1.82, 2.24) is 4.98 Å². The summed E-state index contributed by atoms with van der Waals surface area (Å²) in [7, 11) is 2.02. The minimum atomic E-state index is -0.432. The van der Waals surface area contributed by atoms with Gasteiger partial charge in [0.2, 0.25) is 0 Å². The molecule has 0 aliphatic heterocycles. The first kappa shape index (κ1) is 12.0. The molecule has 1 aromatic heterocycles. The van der Waals surface area contributed by atoms with E-state index in [1.54, 1.807) is 0 Å². The first-order chi connectivity index (χ1) is 9.13. The third kappa shape index (κ3) is 2.28. The quantitative estimate of drug-likeness (QED) is 0.897. The molecule has 1 aliphatic rings. The van der Waals surface area contributed by atoms with E-state index in [-0.39, 0.29) is 0 Å². The van der Waals surface area contributed by atoms with Crippen molar-refractivity contribution in [2.24, 2.45) is 0 Å². The van der Waals surface area contributed by atoms with E-state index < -0.39 is 5.76 Å². The molecule has 0 spiro atoms. The lowest BCUT2D eigenvalue weighted by atomic mass is 9.93. The minimum Gasteiger partial charge on any atom is -0.408 e. The maximum absolute atomic E-state index is 11.3. The Balaban J connectivity index is 1.86. The lowest BCUT2D eigenvalue weighted by molar-refractivity contribution is -0.120. The first-order valence-electron chi connectivity index (χ1n) is 6.51. The molecule has 1 heterocycles. The van der Waals surface area contributed by atoms with Crippen LogP contribution in [0.1, 0.15) is 25.7 Å². The summed E-state index contributed by atoms with van der Waals surface area (Å²) in [6.07, 6.45) is 3.11. The normalized spacial score (nSPS) is 17.0. The van der Waals surface area contributed by atoms with Crippen molar-refractivity contribution in [3.63, 3.8) is 0 Å². The maximum Gasteiger partial charge on any atom is 0.417 e. The zero-order chi connectivity index (χ0) is 13.4. The van der Waals surface area contributed by atoms with Crippen molar-refractivity contribution in [3.8, 4) is 0 Å². The third-order valence-electron chi connectivity index (χ3n) is 3.87. The molecular weight excluding hydrogens is 244 g/mol. The molecule has 0 saturated heterocycles. The number of ketones is 1. The van der Waals surface area contributed by atoms with Gasteiger partial charge >= 0.3 is 5.76 Å². The van der Waals surface area contributed by atoms with E-state index in [1.807, 2.05) is 25.2 Å². The Kier molecular flexibility index (Phi) is 2.89. The highest BCUT2D eigenvalue weighted by molar-refractivity contribution is 5.80. The number of aromatic nitrogens is 1. The SMILES string of the molecule is CN(c1ccc2[nH]c(=O)oc2c1)C1CCC(=O)CC1. The predicted octanol–water partition coefficient (Wildman–Crippen LogP) is 2.07. The van der Waals surface area contributed by atoms with Crippen LogP contribution in [-0.4, -0.2) is 23.9 Å². The molecule has 1 saturated carbocycles. The number of fused-ring (bicyclic) bond motifs is 1. The fourth-order valence-electron chi connectivity index (χ4n) is 2.68. The standard InChI is InChI=1S/C14H16N2O3/c1-16(9-2-5-11(17)6-3-9)10-4-7-12-13(8-10)19-14(18)15-12/h4,7-9H,2-3,5-6H2,1H3,(H,15,18). The van der Waals surface area contributed by atoms with Crippen molar-refractivity contribution >= 4 is 22.6 Å². The van der Waals surface area contributed by atoms with Crippen molar-refractivity contribution in [3.05, 3.63) is 28.7 Å². The molecule has 0 bridgehead atoms. The van der Waals surface area contributed by atoms with Crippen molar-refractivity contribution in [2.75, 3.05) is 11.9 Å². The number of nitrogens with zero attached hydrogens (tertiary/aromatic N) is 1. The highest BCUT2D eigenvalue weighted by Crippen LogP contribution is 2.26. The molecule has 2 aromatic rings. The zero-order valence-electron chi connectivity index (χ0n) is 10.8. The van der Waals surface area contributed by atoms with E-state index in [4.69, 9.17) is 4.42 Å². The van der Waals surface area contributed by atoms with Gasteiger partial charge in [0.25, 0.3) is 0 Å². The van der Waals surface area contributed by atoms with Crippen LogP contribution in [0.25, 0.3) is 11.1 Å². The maximum atomic E-state index is 11.3. The van der Waals surface area contributed by atoms with E-state index in [9.17, 15) is 9.59 Å². The second kappa shape index (κ2) is 4.57. The molecule has 1 aliphatic carbocycles. The second-order valence-corrected chi connectivity index (χ2v) is 5.08. The van der Waals surface area contributed by atoms with Crippen LogP contribution in [0.5, 0.6) is 0 Å². The number of aromatic amines is 1. The van der Waals surface area contributed by atoms with Crippen LogP contribution >= 0.6 is 0 Å². The van der Waals surface area contributed by atoms with Gasteiger partial charge in [0.05, 0.1) is 5.52 Å². The summed E-state index contributed by atoms with van der Waals surface area (Å²) in [5.41, 5.74) is 2.29. The predicted molar refractivity (Wildman–Crippen MR) is 72.5 cm³/mol. The summed E-state index contributed by atoms with van der Waals surface area (Å²) in [6.45, 7) is 0. The van der Waals surface area contributed by atoms with Crippen LogP contribution in [0, 0.1) is 0 Å². The molecule has 5 heteroatoms. The van der Waals surface area contributed by atoms with Gasteiger partial charge in [-0.2, -0.15) is 0 Å². The number of Topliss-reactive ketones (excluding diaryl/α,β-unsaturated/α-hetero) is 1. The Bertz CT molecular complexity index is 661. The topological polar surface area (TPSA) is 66.3 Å². The Hall–Kier alpha value is -2.04. The van der Waals surface area contributed by atoms with Crippen molar-refractivity contribution in [2.45, 2.75) is 31.7 Å². The molecule has 0 radical (unpaired) electrons. The number of H-pyrrole nitrogens is 1. The molecule has 3 rings (SSSR count). The van der Waals surface area contributed by atoms with Gasteiger partial charge in [-0.05, 0) is 25.0 Å². The Morgan fingerprint density at radius 1 is 1.26 bits per heavy atom. The monoisotopic (exact) mass is 260 g/mol. The van der Waals surface area contributed by atoms with E-state index >= 15 is 0 Å². The van der Waals surface area contributed by atoms with Gasteiger partial charge in [-0.25, -0.2) is 4.79 Å². The molecule has 0 unspecified atom stereocenters. The fourth-order valence-corrected chi connectivity index (χ4v) is 2.68. The number of nitrogens with one attached hydrogen (secondary N) is 1. The molecule has 1 fully saturated rings. The summed E-state index contributed by atoms with van der Waals surface area (Å²) in [5.74, 6) is -0.0743. The molecule has 0 atom stereocenters. The minimum absolute atomic E-state index is 0.358. The van der Waals surface area contributed by atoms with Gasteiger partial charge in [0, 0.05) is 37.7 Å². The summed E-state index contributed by atoms with van der Waals surface area (Å²) in [6, 6.07) is 6.05. The Morgan fingerprint density at radius 2 is 2.00 bits per heavy atom. The van der Waals surface area contributed by atoms with Gasteiger partial charge < -0.3 is 9.32 Å². The van der Waals surface area contributed by atoms with E-state index in [1.165, 1.54) is 0 Å². The average Bonchev–Trinajstić information content (AvgIpc) is 2.77. The van der Waals surface area contributed by atoms with Crippen LogP contribution in [-0.2, 0) is 4.79 Å². The highest BCUT2D eigenvalue weighted by Gasteiger charge is 2.22. The summed E-state index contributed by atoms with van der Waals surface area (Å²) < 4.78 is 5.07. The van der Waals surface area contributed by atoms with Crippen LogP contribution in [0.2, 0.25) is 0 Å². The lowest BCUT2D eigenvalue weighted by Crippen LogP contribution is -2.35. The third-order valence-corrected chi connectivity index (χ3v) is 3.87. The molecule has 100 valence electrons. The van der Waals surface area contributed by atoms with E-state index in [0.29, 0.717) is 35.8 Å². The summed E-state index contributed by atoms with van der Waals surface area (Å²) >= 11 is 0. The summed E-state index contributed by atoms with van der Waals surface area (Å²) in [5, 5.41) is 0. The van der Waals surface area contributed by atoms with Gasteiger partial charge in [0.1, 0.15) is 5.78 Å². The smallest absolute Gasteiger partial charge is 0.408 e. The van der Waals surface area contributed by atoms with Crippen molar-refractivity contribution < 1.29 is 9.21 Å². The zero-order valence-corrected chi connectivity index (χ0v) is 10.8. The van der Waals surface area contributed by atoms with E-state index in [0.717, 1.165) is 18.5 Å². The van der Waals surface area contributed by atoms with E-state index in [2.05, 4.69) is 9.88 Å². The number of hydrogen-bond donors (Lipinski definition) is 1. The molecule has 5 nitrogen and oxygen atoms in total. The number of anilines is 1. The molecule has 0 amide bonds. The van der Waals surface area contributed by atoms with Crippen molar-refractivity contribution in [1.29, 1.82) is 0 Å². The Morgan fingerprint density at radius 3 is 2.74 bits per heavy atom. The van der Waals surface area contributed by atoms with Crippen LogP contribution in [0.3, 0.4) is 0 Å². The average molecular weight is 260 g/mol. The second-order valence-electron chi connectivity index (χ2n) is 5.08. The number of carbonyl (C=O) groups is 1. The lowest BCUT2D eigenvalue weighted by Gasteiger charge is -2.32. The van der Waals surface area contributed by atoms with Gasteiger partial charge in [0.15, 0.2) is 5.58 Å². The van der Waals surface area contributed by atoms with Gasteiger partial charge in [-0.1, -0.05) is 0 Å². The fraction of sp³-hybridized carbons (Fsp3) is 0.429. The molecule has 1 N–H and O–H groups in total.